The summed E-state index contributed by atoms with van der Waals surface area (Å²) in [5.41, 5.74) is 0. The van der Waals surface area contributed by atoms with Crippen molar-refractivity contribution < 1.29 is 0 Å². The number of aromatic nitrogens is 2. The van der Waals surface area contributed by atoms with Gasteiger partial charge >= 0.3 is 0 Å². The van der Waals surface area contributed by atoms with Gasteiger partial charge in [-0.15, -0.1) is 11.3 Å². The zero-order valence-electron chi connectivity index (χ0n) is 10.1. The van der Waals surface area contributed by atoms with Crippen LogP contribution in [0.2, 0.25) is 0 Å². The standard InChI is InChI=1S/C12H15BrN4S/c1-2-5-15-11-7-14-8-12(17-11)16-6-9-3-4-10(13)18-9/h3-4,7-8H,2,5-6H2,1H3,(H2,15,16,17). The minimum atomic E-state index is 0.766. The van der Waals surface area contributed by atoms with Crippen molar-refractivity contribution in [2.45, 2.75) is 19.9 Å². The number of nitrogens with one attached hydrogen (secondary N) is 2. The molecule has 6 heteroatoms. The summed E-state index contributed by atoms with van der Waals surface area (Å²) in [4.78, 5) is 9.86. The molecule has 2 heterocycles. The molecule has 0 saturated carbocycles. The summed E-state index contributed by atoms with van der Waals surface area (Å²) in [6, 6.07) is 4.14. The smallest absolute Gasteiger partial charge is 0.147 e. The van der Waals surface area contributed by atoms with Crippen molar-refractivity contribution in [3.63, 3.8) is 0 Å². The fourth-order valence-electron chi connectivity index (χ4n) is 1.41. The normalized spacial score (nSPS) is 10.3. The molecule has 0 aliphatic carbocycles. The van der Waals surface area contributed by atoms with Gasteiger partial charge in [-0.05, 0) is 34.5 Å². The Morgan fingerprint density at radius 1 is 1.22 bits per heavy atom. The highest BCUT2D eigenvalue weighted by Gasteiger charge is 2.00. The Hall–Kier alpha value is -1.14. The number of rotatable bonds is 6. The van der Waals surface area contributed by atoms with Gasteiger partial charge in [-0.2, -0.15) is 0 Å². The molecule has 0 amide bonds. The van der Waals surface area contributed by atoms with Crippen LogP contribution in [0.4, 0.5) is 11.6 Å². The Labute approximate surface area is 119 Å². The quantitative estimate of drug-likeness (QED) is 0.849. The lowest BCUT2D eigenvalue weighted by Gasteiger charge is -2.07. The molecule has 0 radical (unpaired) electrons. The molecule has 0 spiro atoms. The SMILES string of the molecule is CCCNc1cncc(NCc2ccc(Br)s2)n1. The minimum Gasteiger partial charge on any atom is -0.369 e. The van der Waals surface area contributed by atoms with Crippen molar-refractivity contribution in [1.82, 2.24) is 9.97 Å². The molecular formula is C12H15BrN4S. The first-order valence-corrected chi connectivity index (χ1v) is 7.43. The van der Waals surface area contributed by atoms with Crippen LogP contribution in [0.15, 0.2) is 28.3 Å². The molecule has 0 fully saturated rings. The molecule has 18 heavy (non-hydrogen) atoms. The fraction of sp³-hybridized carbons (Fsp3) is 0.333. The summed E-state index contributed by atoms with van der Waals surface area (Å²) >= 11 is 5.17. The summed E-state index contributed by atoms with van der Waals surface area (Å²) < 4.78 is 1.14. The lowest BCUT2D eigenvalue weighted by molar-refractivity contribution is 0.963. The van der Waals surface area contributed by atoms with Crippen LogP contribution < -0.4 is 10.6 Å². The molecule has 2 aromatic rings. The van der Waals surface area contributed by atoms with Crippen molar-refractivity contribution in [2.24, 2.45) is 0 Å². The maximum Gasteiger partial charge on any atom is 0.147 e. The van der Waals surface area contributed by atoms with E-state index < -0.39 is 0 Å². The third-order valence-corrected chi connectivity index (χ3v) is 3.89. The van der Waals surface area contributed by atoms with Crippen molar-refractivity contribution in [1.29, 1.82) is 0 Å². The Morgan fingerprint density at radius 2 is 2.00 bits per heavy atom. The number of hydrogen-bond donors (Lipinski definition) is 2. The van der Waals surface area contributed by atoms with Gasteiger partial charge in [0.1, 0.15) is 11.6 Å². The molecule has 0 aliphatic rings. The summed E-state index contributed by atoms with van der Waals surface area (Å²) in [6.07, 6.45) is 4.55. The van der Waals surface area contributed by atoms with Gasteiger partial charge in [0, 0.05) is 11.4 Å². The zero-order chi connectivity index (χ0) is 12.8. The number of thiophene rings is 1. The molecular weight excluding hydrogens is 312 g/mol. The van der Waals surface area contributed by atoms with Crippen LogP contribution >= 0.6 is 27.3 Å². The van der Waals surface area contributed by atoms with Gasteiger partial charge in [-0.1, -0.05) is 6.92 Å². The Morgan fingerprint density at radius 3 is 2.67 bits per heavy atom. The molecule has 2 N–H and O–H groups in total. The van der Waals surface area contributed by atoms with Crippen LogP contribution in [0.25, 0.3) is 0 Å². The molecule has 0 aliphatic heterocycles. The number of hydrogen-bond acceptors (Lipinski definition) is 5. The van der Waals surface area contributed by atoms with Crippen LogP contribution in [0.1, 0.15) is 18.2 Å². The molecule has 2 aromatic heterocycles. The van der Waals surface area contributed by atoms with Crippen LogP contribution in [-0.2, 0) is 6.54 Å². The molecule has 96 valence electrons. The molecule has 0 aromatic carbocycles. The van der Waals surface area contributed by atoms with E-state index in [9.17, 15) is 0 Å². The molecule has 0 atom stereocenters. The van der Waals surface area contributed by atoms with E-state index in [2.05, 4.69) is 49.5 Å². The molecule has 0 unspecified atom stereocenters. The first-order chi connectivity index (χ1) is 8.78. The zero-order valence-corrected chi connectivity index (χ0v) is 12.5. The largest absolute Gasteiger partial charge is 0.369 e. The predicted molar refractivity (Wildman–Crippen MR) is 80.2 cm³/mol. The number of anilines is 2. The van der Waals surface area contributed by atoms with E-state index in [-0.39, 0.29) is 0 Å². The monoisotopic (exact) mass is 326 g/mol. The highest BCUT2D eigenvalue weighted by atomic mass is 79.9. The van der Waals surface area contributed by atoms with Gasteiger partial charge in [-0.3, -0.25) is 4.98 Å². The predicted octanol–water partition coefficient (Wildman–Crippen LogP) is 3.73. The van der Waals surface area contributed by atoms with Crippen LogP contribution in [0.5, 0.6) is 0 Å². The molecule has 0 bridgehead atoms. The number of nitrogens with zero attached hydrogens (tertiary/aromatic N) is 2. The maximum atomic E-state index is 4.44. The minimum absolute atomic E-state index is 0.766. The number of halogens is 1. The first kappa shape index (κ1) is 13.3. The van der Waals surface area contributed by atoms with E-state index in [1.165, 1.54) is 4.88 Å². The molecule has 0 saturated heterocycles. The van der Waals surface area contributed by atoms with Crippen LogP contribution in [-0.4, -0.2) is 16.5 Å². The van der Waals surface area contributed by atoms with Crippen molar-refractivity contribution in [3.8, 4) is 0 Å². The third-order valence-electron chi connectivity index (χ3n) is 2.26. The van der Waals surface area contributed by atoms with Gasteiger partial charge in [-0.25, -0.2) is 4.98 Å². The van der Waals surface area contributed by atoms with Gasteiger partial charge < -0.3 is 10.6 Å². The molecule has 4 nitrogen and oxygen atoms in total. The Balaban J connectivity index is 1.92. The van der Waals surface area contributed by atoms with Gasteiger partial charge in [0.05, 0.1) is 22.7 Å². The Bertz CT molecular complexity index is 500. The lowest BCUT2D eigenvalue weighted by Crippen LogP contribution is -2.05. The topological polar surface area (TPSA) is 49.8 Å². The van der Waals surface area contributed by atoms with E-state index in [1.807, 2.05) is 6.07 Å². The third kappa shape index (κ3) is 3.96. The summed E-state index contributed by atoms with van der Waals surface area (Å²) in [6.45, 7) is 3.80. The van der Waals surface area contributed by atoms with Crippen LogP contribution in [0.3, 0.4) is 0 Å². The highest BCUT2D eigenvalue weighted by molar-refractivity contribution is 9.11. The summed E-state index contributed by atoms with van der Waals surface area (Å²) in [7, 11) is 0. The van der Waals surface area contributed by atoms with Crippen LogP contribution in [0, 0.1) is 0 Å². The lowest BCUT2D eigenvalue weighted by atomic mass is 10.4. The van der Waals surface area contributed by atoms with E-state index in [1.54, 1.807) is 23.7 Å². The van der Waals surface area contributed by atoms with Gasteiger partial charge in [0.15, 0.2) is 0 Å². The highest BCUT2D eigenvalue weighted by Crippen LogP contribution is 2.22. The van der Waals surface area contributed by atoms with Crippen molar-refractivity contribution >= 4 is 38.9 Å². The van der Waals surface area contributed by atoms with Crippen molar-refractivity contribution in [3.05, 3.63) is 33.2 Å². The van der Waals surface area contributed by atoms with E-state index in [0.717, 1.165) is 34.9 Å². The second kappa shape index (κ2) is 6.70. The van der Waals surface area contributed by atoms with Gasteiger partial charge in [0.25, 0.3) is 0 Å². The van der Waals surface area contributed by atoms with Crippen molar-refractivity contribution in [2.75, 3.05) is 17.2 Å². The van der Waals surface area contributed by atoms with Gasteiger partial charge in [0.2, 0.25) is 0 Å². The first-order valence-electron chi connectivity index (χ1n) is 5.82. The van der Waals surface area contributed by atoms with E-state index in [4.69, 9.17) is 0 Å². The van der Waals surface area contributed by atoms with E-state index >= 15 is 0 Å². The van der Waals surface area contributed by atoms with E-state index in [0.29, 0.717) is 0 Å². The molecule has 2 rings (SSSR count). The summed E-state index contributed by atoms with van der Waals surface area (Å²) in [5.74, 6) is 1.61. The maximum absolute atomic E-state index is 4.44. The fourth-order valence-corrected chi connectivity index (χ4v) is 2.84. The average molecular weight is 327 g/mol. The summed E-state index contributed by atoms with van der Waals surface area (Å²) in [5, 5.41) is 6.49. The second-order valence-electron chi connectivity index (χ2n) is 3.78. The Kier molecular flexibility index (Phi) is 4.95. The average Bonchev–Trinajstić information content (AvgIpc) is 2.80. The second-order valence-corrected chi connectivity index (χ2v) is 6.32.